The summed E-state index contributed by atoms with van der Waals surface area (Å²) in [5, 5.41) is 0. The Hall–Kier alpha value is -2.87. The SMILES string of the molecule is O=C1c2ccccc2[C@H](C=N[C@H]2CCS(=O)(=O)C2)C(=O)N1c1ccccc1F. The molecule has 2 heterocycles. The normalized spacial score (nSPS) is 24.0. The Kier molecular flexibility index (Phi) is 4.58. The van der Waals surface area contributed by atoms with Crippen LogP contribution in [0, 0.1) is 5.82 Å². The number of sulfone groups is 1. The van der Waals surface area contributed by atoms with E-state index in [2.05, 4.69) is 4.99 Å². The summed E-state index contributed by atoms with van der Waals surface area (Å²) < 4.78 is 37.6. The van der Waals surface area contributed by atoms with Crippen molar-refractivity contribution >= 4 is 33.6 Å². The van der Waals surface area contributed by atoms with Crippen LogP contribution in [0.25, 0.3) is 0 Å². The summed E-state index contributed by atoms with van der Waals surface area (Å²) >= 11 is 0. The summed E-state index contributed by atoms with van der Waals surface area (Å²) in [5.74, 6) is -2.76. The third kappa shape index (κ3) is 3.24. The monoisotopic (exact) mass is 400 g/mol. The van der Waals surface area contributed by atoms with Gasteiger partial charge in [-0.25, -0.2) is 17.7 Å². The Balaban J connectivity index is 1.75. The molecule has 1 fully saturated rings. The number of aliphatic imine (C=N–C) groups is 1. The second kappa shape index (κ2) is 6.94. The van der Waals surface area contributed by atoms with Crippen molar-refractivity contribution in [3.8, 4) is 0 Å². The number of benzene rings is 2. The highest BCUT2D eigenvalue weighted by atomic mass is 32.2. The number of carbonyl (C=O) groups is 2. The molecule has 0 aromatic heterocycles. The standard InChI is InChI=1S/C20H17FN2O4S/c21-17-7-3-4-8-18(17)23-19(24)15-6-2-1-5-14(15)16(20(23)25)11-22-13-9-10-28(26,27)12-13/h1-8,11,13,16H,9-10,12H2/t13-,16-/m0/s1. The van der Waals surface area contributed by atoms with Crippen LogP contribution in [0.1, 0.15) is 28.3 Å². The molecule has 2 atom stereocenters. The summed E-state index contributed by atoms with van der Waals surface area (Å²) in [6.45, 7) is 0. The van der Waals surface area contributed by atoms with Gasteiger partial charge in [-0.15, -0.1) is 0 Å². The zero-order valence-corrected chi connectivity index (χ0v) is 15.6. The molecule has 0 radical (unpaired) electrons. The minimum absolute atomic E-state index is 0.0536. The predicted octanol–water partition coefficient (Wildman–Crippen LogP) is 2.35. The number of fused-ring (bicyclic) bond motifs is 1. The molecule has 0 aliphatic carbocycles. The van der Waals surface area contributed by atoms with E-state index in [1.165, 1.54) is 24.4 Å². The Bertz CT molecular complexity index is 1100. The first-order valence-electron chi connectivity index (χ1n) is 8.83. The first kappa shape index (κ1) is 18.5. The van der Waals surface area contributed by atoms with Gasteiger partial charge in [-0.3, -0.25) is 14.6 Å². The molecule has 1 saturated heterocycles. The number of anilines is 1. The van der Waals surface area contributed by atoms with Gasteiger partial charge in [0.1, 0.15) is 5.82 Å². The van der Waals surface area contributed by atoms with Gasteiger partial charge < -0.3 is 0 Å². The molecule has 2 aliphatic rings. The van der Waals surface area contributed by atoms with Crippen LogP contribution >= 0.6 is 0 Å². The van der Waals surface area contributed by atoms with Crippen molar-refractivity contribution in [2.45, 2.75) is 18.4 Å². The highest BCUT2D eigenvalue weighted by Crippen LogP contribution is 2.33. The van der Waals surface area contributed by atoms with Gasteiger partial charge in [-0.05, 0) is 30.2 Å². The molecular weight excluding hydrogens is 383 g/mol. The zero-order valence-electron chi connectivity index (χ0n) is 14.8. The third-order valence-corrected chi connectivity index (χ3v) is 6.71. The van der Waals surface area contributed by atoms with Crippen molar-refractivity contribution in [3.63, 3.8) is 0 Å². The molecule has 0 N–H and O–H groups in total. The number of rotatable bonds is 3. The van der Waals surface area contributed by atoms with E-state index in [0.717, 1.165) is 4.90 Å². The van der Waals surface area contributed by atoms with E-state index in [9.17, 15) is 22.4 Å². The van der Waals surface area contributed by atoms with Crippen LogP contribution in [0.5, 0.6) is 0 Å². The number of hydrogen-bond acceptors (Lipinski definition) is 5. The quantitative estimate of drug-likeness (QED) is 0.585. The fourth-order valence-electron chi connectivity index (χ4n) is 3.56. The van der Waals surface area contributed by atoms with Gasteiger partial charge in [0.05, 0.1) is 29.2 Å². The first-order valence-corrected chi connectivity index (χ1v) is 10.6. The van der Waals surface area contributed by atoms with Crippen molar-refractivity contribution in [1.29, 1.82) is 0 Å². The van der Waals surface area contributed by atoms with Crippen LogP contribution in [0.2, 0.25) is 0 Å². The van der Waals surface area contributed by atoms with Crippen LogP contribution in [-0.2, 0) is 14.6 Å². The zero-order chi connectivity index (χ0) is 19.9. The maximum atomic E-state index is 14.3. The van der Waals surface area contributed by atoms with Crippen molar-refractivity contribution < 1.29 is 22.4 Å². The van der Waals surface area contributed by atoms with Gasteiger partial charge in [0.2, 0.25) is 5.91 Å². The molecular formula is C20H17FN2O4S. The fraction of sp³-hybridized carbons (Fsp3) is 0.250. The summed E-state index contributed by atoms with van der Waals surface area (Å²) in [4.78, 5) is 31.1. The lowest BCUT2D eigenvalue weighted by Gasteiger charge is -2.31. The lowest BCUT2D eigenvalue weighted by molar-refractivity contribution is -0.118. The minimum Gasteiger partial charge on any atom is -0.292 e. The molecule has 6 nitrogen and oxygen atoms in total. The summed E-state index contributed by atoms with van der Waals surface area (Å²) in [6, 6.07) is 11.8. The summed E-state index contributed by atoms with van der Waals surface area (Å²) in [6.07, 6.45) is 1.80. The van der Waals surface area contributed by atoms with Crippen LogP contribution in [0.3, 0.4) is 0 Å². The average molecular weight is 400 g/mol. The largest absolute Gasteiger partial charge is 0.292 e. The van der Waals surface area contributed by atoms with E-state index in [1.807, 2.05) is 0 Å². The molecule has 0 unspecified atom stereocenters. The van der Waals surface area contributed by atoms with Crippen LogP contribution in [0.15, 0.2) is 53.5 Å². The third-order valence-electron chi connectivity index (χ3n) is 4.96. The van der Waals surface area contributed by atoms with Gasteiger partial charge in [0.15, 0.2) is 9.84 Å². The lowest BCUT2D eigenvalue weighted by atomic mass is 9.88. The smallest absolute Gasteiger partial charge is 0.265 e. The molecule has 2 aromatic carbocycles. The van der Waals surface area contributed by atoms with Crippen molar-refractivity contribution in [2.75, 3.05) is 16.4 Å². The van der Waals surface area contributed by atoms with Gasteiger partial charge in [-0.2, -0.15) is 0 Å². The topological polar surface area (TPSA) is 83.9 Å². The van der Waals surface area contributed by atoms with E-state index >= 15 is 0 Å². The molecule has 0 bridgehead atoms. The molecule has 28 heavy (non-hydrogen) atoms. The minimum atomic E-state index is -3.10. The predicted molar refractivity (Wildman–Crippen MR) is 103 cm³/mol. The lowest BCUT2D eigenvalue weighted by Crippen LogP contribution is -2.46. The van der Waals surface area contributed by atoms with E-state index in [4.69, 9.17) is 0 Å². The van der Waals surface area contributed by atoms with Gasteiger partial charge in [0.25, 0.3) is 5.91 Å². The maximum absolute atomic E-state index is 14.3. The second-order valence-corrected chi connectivity index (χ2v) is 9.08. The van der Waals surface area contributed by atoms with E-state index in [1.54, 1.807) is 30.3 Å². The molecule has 4 rings (SSSR count). The first-order chi connectivity index (χ1) is 13.4. The van der Waals surface area contributed by atoms with Crippen LogP contribution in [-0.4, -0.2) is 44.0 Å². The molecule has 2 aliphatic heterocycles. The molecule has 0 spiro atoms. The van der Waals surface area contributed by atoms with Crippen molar-refractivity contribution in [2.24, 2.45) is 4.99 Å². The van der Waals surface area contributed by atoms with E-state index in [-0.39, 0.29) is 17.2 Å². The van der Waals surface area contributed by atoms with E-state index < -0.39 is 39.4 Å². The van der Waals surface area contributed by atoms with Crippen molar-refractivity contribution in [1.82, 2.24) is 0 Å². The molecule has 144 valence electrons. The van der Waals surface area contributed by atoms with Crippen LogP contribution in [0.4, 0.5) is 10.1 Å². The Labute approximate surface area is 161 Å². The highest BCUT2D eigenvalue weighted by molar-refractivity contribution is 7.91. The van der Waals surface area contributed by atoms with Gasteiger partial charge in [-0.1, -0.05) is 30.3 Å². The summed E-state index contributed by atoms with van der Waals surface area (Å²) in [7, 11) is -3.10. The van der Waals surface area contributed by atoms with E-state index in [0.29, 0.717) is 17.5 Å². The Morgan fingerprint density at radius 1 is 1.07 bits per heavy atom. The fourth-order valence-corrected chi connectivity index (χ4v) is 5.20. The number of nitrogens with zero attached hydrogens (tertiary/aromatic N) is 2. The highest BCUT2D eigenvalue weighted by Gasteiger charge is 2.40. The second-order valence-electron chi connectivity index (χ2n) is 6.85. The number of halogens is 1. The molecule has 2 aromatic rings. The number of carbonyl (C=O) groups excluding carboxylic acids is 2. The van der Waals surface area contributed by atoms with Gasteiger partial charge >= 0.3 is 0 Å². The molecule has 8 heteroatoms. The number of para-hydroxylation sites is 1. The number of imide groups is 1. The Morgan fingerprint density at radius 2 is 1.79 bits per heavy atom. The van der Waals surface area contributed by atoms with Crippen molar-refractivity contribution in [3.05, 3.63) is 65.5 Å². The Morgan fingerprint density at radius 3 is 2.50 bits per heavy atom. The molecule has 0 saturated carbocycles. The number of amides is 2. The summed E-state index contributed by atoms with van der Waals surface area (Å²) in [5.41, 5.74) is 0.657. The molecule has 2 amide bonds. The maximum Gasteiger partial charge on any atom is 0.265 e. The number of hydrogen-bond donors (Lipinski definition) is 0. The van der Waals surface area contributed by atoms with Crippen LogP contribution < -0.4 is 4.90 Å². The van der Waals surface area contributed by atoms with Gasteiger partial charge in [0, 0.05) is 11.8 Å². The average Bonchev–Trinajstić information content (AvgIpc) is 3.02.